The predicted molar refractivity (Wildman–Crippen MR) is 245 cm³/mol. The molecule has 0 radical (unpaired) electrons. The first-order valence-electron chi connectivity index (χ1n) is 22.5. The monoisotopic (exact) mass is 1090 g/mol. The van der Waals surface area contributed by atoms with Gasteiger partial charge in [0.2, 0.25) is 23.5 Å². The maximum atomic E-state index is 11.8. The van der Waals surface area contributed by atoms with Gasteiger partial charge < -0.3 is 27.9 Å². The van der Waals surface area contributed by atoms with Crippen LogP contribution in [0.2, 0.25) is 5.65 Å². The summed E-state index contributed by atoms with van der Waals surface area (Å²) in [6.07, 6.45) is 6.89. The lowest BCUT2D eigenvalue weighted by Crippen LogP contribution is -2.22. The molecule has 0 amide bonds. The van der Waals surface area contributed by atoms with Crippen LogP contribution in [0.1, 0.15) is 22.8 Å². The average Bonchev–Trinajstić information content (AvgIpc) is 4.27. The summed E-state index contributed by atoms with van der Waals surface area (Å²) < 4.78 is 72.5. The van der Waals surface area contributed by atoms with E-state index < -0.39 is 17.1 Å². The topological polar surface area (TPSA) is 466 Å². The Balaban J connectivity index is 0.000000129. The van der Waals surface area contributed by atoms with E-state index in [0.717, 1.165) is 64.7 Å². The van der Waals surface area contributed by atoms with Gasteiger partial charge in [-0.05, 0) is 41.7 Å². The number of aryl methyl sites for hydroxylation is 4. The van der Waals surface area contributed by atoms with Crippen molar-refractivity contribution in [2.45, 2.75) is 26.4 Å². The molecule has 12 heterocycles. The van der Waals surface area contributed by atoms with Crippen LogP contribution in [0.3, 0.4) is 0 Å². The Morgan fingerprint density at radius 2 is 0.947 bits per heavy atom. The Bertz CT molecular complexity index is 3680. The van der Waals surface area contributed by atoms with Gasteiger partial charge in [-0.3, -0.25) is 20.4 Å². The standard InChI is InChI=1S/C9H9N7O3.C9H9N7O2S.C8H8N8O3.C8H8N8O2S/c2*1-15-9(17)16(14-13-15)8-6(10-5-19-8)4-18-7-2-3-11-12-7;2*1-15-8(17)16(13-12-15)7-5(10-14-19-7)4-18-6-2-3-9-11-6/h2*2-3,5H,4H2,1H3,(H,11,12);2*2-3H,4H2,1H3,(H,9,11)/i/hT4. The van der Waals surface area contributed by atoms with E-state index in [0.29, 0.717) is 33.0 Å². The molecule has 12 rings (SSSR count). The summed E-state index contributed by atoms with van der Waals surface area (Å²) in [5.74, 6) is 1.25. The van der Waals surface area contributed by atoms with E-state index in [4.69, 9.17) is 33.5 Å². The number of hydrogen-bond donors (Lipinski definition) is 4. The lowest BCUT2D eigenvalue weighted by atomic mass is 10.5. The fourth-order valence-electron chi connectivity index (χ4n) is 5.50. The van der Waals surface area contributed by atoms with Crippen molar-refractivity contribution in [1.29, 1.82) is 0 Å². The number of H-pyrrole nitrogens is 4. The Labute approximate surface area is 431 Å². The summed E-state index contributed by atoms with van der Waals surface area (Å²) in [7, 11) is 5.94. The van der Waals surface area contributed by atoms with Gasteiger partial charge in [-0.1, -0.05) is 4.49 Å². The van der Waals surface area contributed by atoms with E-state index in [2.05, 4.69) is 92.0 Å². The zero-order chi connectivity index (χ0) is 56.5. The van der Waals surface area contributed by atoms with Crippen molar-refractivity contribution in [3.8, 4) is 45.3 Å². The average molecular weight is 1100 g/mol. The minimum Gasteiger partial charge on any atom is -0.470 e. The van der Waals surface area contributed by atoms with Crippen LogP contribution in [-0.4, -0.2) is 150 Å². The number of ether oxygens (including phenoxy) is 4. The molecule has 0 saturated carbocycles. The summed E-state index contributed by atoms with van der Waals surface area (Å²) in [6, 6.07) is 6.14. The second kappa shape index (κ2) is 23.1. The molecule has 0 atom stereocenters. The number of thiazole rings is 1. The first kappa shape index (κ1) is 45.0. The minimum atomic E-state index is -0.500. The van der Waals surface area contributed by atoms with Crippen LogP contribution in [0, 0.1) is 0 Å². The molecule has 12 aromatic rings. The third-order valence-corrected chi connectivity index (χ3v) is 10.7. The highest BCUT2D eigenvalue weighted by atomic mass is 32.1. The van der Waals surface area contributed by atoms with Crippen molar-refractivity contribution in [2.24, 2.45) is 28.2 Å². The third-order valence-electron chi connectivity index (χ3n) is 9.15. The number of nitrogens with zero attached hydrogens (tertiary/aromatic N) is 26. The molecule has 0 aliphatic carbocycles. The van der Waals surface area contributed by atoms with E-state index in [1.807, 2.05) is 0 Å². The Morgan fingerprint density at radius 3 is 1.41 bits per heavy atom. The second-order valence-electron chi connectivity index (χ2n) is 14.1. The normalized spacial score (nSPS) is 11.5. The second-order valence-corrected chi connectivity index (χ2v) is 15.6. The van der Waals surface area contributed by atoms with E-state index in [1.165, 1.54) is 87.5 Å². The van der Waals surface area contributed by atoms with Crippen LogP contribution in [0.5, 0.6) is 23.5 Å². The van der Waals surface area contributed by atoms with Gasteiger partial charge in [0.25, 0.3) is 11.8 Å². The lowest BCUT2D eigenvalue weighted by molar-refractivity contribution is 0.287. The van der Waals surface area contributed by atoms with Crippen LogP contribution in [0.15, 0.2) is 89.1 Å². The Morgan fingerprint density at radius 1 is 0.513 bits per heavy atom. The molecule has 392 valence electrons. The van der Waals surface area contributed by atoms with Gasteiger partial charge in [-0.2, -0.15) is 18.7 Å². The van der Waals surface area contributed by atoms with Gasteiger partial charge >= 0.3 is 22.8 Å². The molecule has 40 nitrogen and oxygen atoms in total. The highest BCUT2D eigenvalue weighted by Gasteiger charge is 2.20. The van der Waals surface area contributed by atoms with Crippen molar-refractivity contribution in [2.75, 3.05) is 0 Å². The first-order valence-corrected chi connectivity index (χ1v) is 22.4. The largest absolute Gasteiger partial charge is 0.470 e. The number of tetrazole rings is 4. The highest BCUT2D eigenvalue weighted by Crippen LogP contribution is 2.19. The van der Waals surface area contributed by atoms with Gasteiger partial charge in [0.05, 0.1) is 5.51 Å². The van der Waals surface area contributed by atoms with Crippen LogP contribution in [-0.2, 0) is 54.6 Å². The Hall–Kier alpha value is -10.9. The molecular formula is C34H34N30O10S2. The molecule has 0 spiro atoms. The smallest absolute Gasteiger partial charge is 0.371 e. The Kier molecular flexibility index (Phi) is 13.7. The number of oxazole rings is 1. The highest BCUT2D eigenvalue weighted by molar-refractivity contribution is 7.12. The number of rotatable bonds is 16. The summed E-state index contributed by atoms with van der Waals surface area (Å²) in [5, 5.41) is 59.6. The summed E-state index contributed by atoms with van der Waals surface area (Å²) in [4.78, 5) is 55.1. The van der Waals surface area contributed by atoms with Crippen LogP contribution >= 0.6 is 22.9 Å². The van der Waals surface area contributed by atoms with Crippen LogP contribution in [0.25, 0.3) is 21.8 Å². The molecule has 0 saturated heterocycles. The molecule has 12 aromatic heterocycles. The molecule has 0 unspecified atom stereocenters. The van der Waals surface area contributed by atoms with Crippen LogP contribution < -0.4 is 41.7 Å². The fourth-order valence-corrected chi connectivity index (χ4v) is 6.86. The van der Waals surface area contributed by atoms with Gasteiger partial charge in [-0.25, -0.2) is 29.1 Å². The van der Waals surface area contributed by atoms with Gasteiger partial charge in [0.15, 0.2) is 27.7 Å². The summed E-state index contributed by atoms with van der Waals surface area (Å²) in [5.41, 5.74) is 1.50. The number of nitrogens with one attached hydrogen (secondary N) is 4. The van der Waals surface area contributed by atoms with Crippen molar-refractivity contribution in [1.82, 2.24) is 150 Å². The zero-order valence-electron chi connectivity index (χ0n) is 42.9. The van der Waals surface area contributed by atoms with Gasteiger partial charge in [0.1, 0.15) is 43.5 Å². The van der Waals surface area contributed by atoms with Crippen molar-refractivity contribution < 1.29 is 33.5 Å². The summed E-state index contributed by atoms with van der Waals surface area (Å²) in [6.45, 7) is 0.162. The number of aromatic nitrogens is 30. The molecule has 42 heteroatoms. The van der Waals surface area contributed by atoms with Gasteiger partial charge in [0, 0.05) is 94.0 Å². The first-order chi connectivity index (χ1) is 38.6. The SMILES string of the molecule is [3H]n1ccc(OCc2ncoc2-n2nnn(C)c2=O)n1.[3H]n1ccc(OCc2ncsc2-n2nnn(C)c2=O)n1.[3H]n1ccc(OCc2nnoc2-n2nnn(C)c2=O)n1.[3H]n1ccc(OCc2nnsc2-n2nnn(C)c2=O)n1. The summed E-state index contributed by atoms with van der Waals surface area (Å²) >= 11 is 2.28. The third kappa shape index (κ3) is 11.5. The quantitative estimate of drug-likeness (QED) is 0.0738. The molecule has 4 N–H and O–H groups in total. The molecule has 0 aliphatic heterocycles. The van der Waals surface area contributed by atoms with E-state index >= 15 is 0 Å². The molecule has 0 fully saturated rings. The minimum absolute atomic E-state index is 0.0197. The molecule has 0 aliphatic rings. The van der Waals surface area contributed by atoms with Crippen molar-refractivity contribution >= 4 is 22.9 Å². The van der Waals surface area contributed by atoms with E-state index in [9.17, 15) is 19.2 Å². The zero-order valence-corrected chi connectivity index (χ0v) is 40.6. The van der Waals surface area contributed by atoms with Gasteiger partial charge in [-0.15, -0.1) is 60.7 Å². The maximum absolute atomic E-state index is 11.8. The predicted octanol–water partition coefficient (Wildman–Crippen LogP) is -3.25. The molecule has 76 heavy (non-hydrogen) atoms. The lowest BCUT2D eigenvalue weighted by Gasteiger charge is -2.01. The van der Waals surface area contributed by atoms with Crippen molar-refractivity contribution in [3.63, 3.8) is 0 Å². The molecular weight excluding hydrogens is 1050 g/mol. The molecule has 0 aromatic carbocycles. The fraction of sp³-hybridized carbons (Fsp3) is 0.235. The van der Waals surface area contributed by atoms with Crippen molar-refractivity contribution in [3.05, 3.63) is 126 Å². The number of hydrogen-bond acceptors (Lipinski definition) is 30. The van der Waals surface area contributed by atoms with E-state index in [-0.39, 0.29) is 67.2 Å². The van der Waals surface area contributed by atoms with Crippen LogP contribution in [0.4, 0.5) is 0 Å². The van der Waals surface area contributed by atoms with E-state index in [1.54, 1.807) is 17.6 Å². The molecule has 0 bridgehead atoms. The maximum Gasteiger partial charge on any atom is 0.371 e. The number of aromatic amines is 4.